The molecule has 3 aromatic rings. The van der Waals surface area contributed by atoms with Crippen LogP contribution in [0.3, 0.4) is 0 Å². The molecular weight excluding hydrogens is 382 g/mol. The highest BCUT2D eigenvalue weighted by molar-refractivity contribution is 6.32. The summed E-state index contributed by atoms with van der Waals surface area (Å²) in [5.41, 5.74) is 0.844. The number of pyridine rings is 1. The molecule has 0 spiro atoms. The van der Waals surface area contributed by atoms with E-state index in [0.29, 0.717) is 35.6 Å². The smallest absolute Gasteiger partial charge is 0.258 e. The average molecular weight is 402 g/mol. The van der Waals surface area contributed by atoms with Gasteiger partial charge in [-0.15, -0.1) is 0 Å². The Hall–Kier alpha value is -2.81. The number of rotatable bonds is 8. The first kappa shape index (κ1) is 19.9. The molecule has 28 heavy (non-hydrogen) atoms. The molecule has 0 fully saturated rings. The number of aromatic amines is 1. The second-order valence-corrected chi connectivity index (χ2v) is 6.48. The van der Waals surface area contributed by atoms with Crippen LogP contribution in [0.5, 0.6) is 0 Å². The standard InChI is InChI=1S/C19H20ClN5O3/c1-28-10-9-25(12-17(26)23-15-7-4-8-21-18(15)20)11-16-22-14-6-3-2-5-13(14)19(27)24-16/h2-8H,9-12H2,1H3,(H,23,26)(H,22,24,27). The Morgan fingerprint density at radius 2 is 2.11 bits per heavy atom. The summed E-state index contributed by atoms with van der Waals surface area (Å²) in [5.74, 6) is 0.223. The van der Waals surface area contributed by atoms with Crippen molar-refractivity contribution in [2.24, 2.45) is 0 Å². The van der Waals surface area contributed by atoms with Crippen LogP contribution in [-0.4, -0.2) is 52.6 Å². The van der Waals surface area contributed by atoms with Gasteiger partial charge < -0.3 is 15.0 Å². The maximum absolute atomic E-state index is 12.4. The normalized spacial score (nSPS) is 11.1. The van der Waals surface area contributed by atoms with Crippen LogP contribution < -0.4 is 10.9 Å². The van der Waals surface area contributed by atoms with Crippen LogP contribution >= 0.6 is 11.6 Å². The van der Waals surface area contributed by atoms with E-state index >= 15 is 0 Å². The molecule has 0 saturated heterocycles. The third-order valence-electron chi connectivity index (χ3n) is 4.05. The Balaban J connectivity index is 1.74. The number of anilines is 1. The predicted octanol–water partition coefficient (Wildman–Crippen LogP) is 2.06. The van der Waals surface area contributed by atoms with Crippen molar-refractivity contribution in [3.63, 3.8) is 0 Å². The maximum atomic E-state index is 12.4. The van der Waals surface area contributed by atoms with Crippen LogP contribution in [-0.2, 0) is 16.1 Å². The number of hydrogen-bond acceptors (Lipinski definition) is 6. The van der Waals surface area contributed by atoms with Crippen LogP contribution in [0.1, 0.15) is 5.82 Å². The Bertz CT molecular complexity index is 1020. The van der Waals surface area contributed by atoms with Gasteiger partial charge in [0, 0.05) is 19.9 Å². The first-order chi connectivity index (χ1) is 13.6. The lowest BCUT2D eigenvalue weighted by molar-refractivity contribution is -0.117. The SMILES string of the molecule is COCCN(CC(=O)Nc1cccnc1Cl)Cc1nc2ccccc2c(=O)[nH]1. The van der Waals surface area contributed by atoms with Crippen molar-refractivity contribution in [1.29, 1.82) is 0 Å². The van der Waals surface area contributed by atoms with E-state index < -0.39 is 0 Å². The van der Waals surface area contributed by atoms with E-state index in [9.17, 15) is 9.59 Å². The Morgan fingerprint density at radius 3 is 2.89 bits per heavy atom. The molecule has 1 amide bonds. The largest absolute Gasteiger partial charge is 0.383 e. The first-order valence-electron chi connectivity index (χ1n) is 8.66. The zero-order chi connectivity index (χ0) is 19.9. The minimum Gasteiger partial charge on any atom is -0.383 e. The highest BCUT2D eigenvalue weighted by atomic mass is 35.5. The van der Waals surface area contributed by atoms with Crippen molar-refractivity contribution in [1.82, 2.24) is 19.9 Å². The van der Waals surface area contributed by atoms with E-state index in [1.165, 1.54) is 0 Å². The number of nitrogens with zero attached hydrogens (tertiary/aromatic N) is 3. The van der Waals surface area contributed by atoms with Crippen molar-refractivity contribution >= 4 is 34.1 Å². The number of fused-ring (bicyclic) bond motifs is 1. The molecule has 0 aliphatic heterocycles. The molecule has 3 rings (SSSR count). The van der Waals surface area contributed by atoms with Gasteiger partial charge in [-0.2, -0.15) is 0 Å². The van der Waals surface area contributed by atoms with Crippen LogP contribution in [0.2, 0.25) is 5.15 Å². The molecular formula is C19H20ClN5O3. The number of halogens is 1. The fourth-order valence-electron chi connectivity index (χ4n) is 2.73. The molecule has 1 aromatic carbocycles. The van der Waals surface area contributed by atoms with Crippen molar-refractivity contribution in [3.05, 3.63) is 63.9 Å². The number of carbonyl (C=O) groups is 1. The van der Waals surface area contributed by atoms with E-state index in [4.69, 9.17) is 16.3 Å². The fourth-order valence-corrected chi connectivity index (χ4v) is 2.89. The number of para-hydroxylation sites is 1. The van der Waals surface area contributed by atoms with Gasteiger partial charge in [0.15, 0.2) is 5.15 Å². The molecule has 2 N–H and O–H groups in total. The third kappa shape index (κ3) is 5.13. The molecule has 0 radical (unpaired) electrons. The fraction of sp³-hybridized carbons (Fsp3) is 0.263. The van der Waals surface area contributed by atoms with E-state index in [-0.39, 0.29) is 29.7 Å². The third-order valence-corrected chi connectivity index (χ3v) is 4.35. The van der Waals surface area contributed by atoms with Gasteiger partial charge in [0.2, 0.25) is 5.91 Å². The number of amides is 1. The molecule has 9 heteroatoms. The highest BCUT2D eigenvalue weighted by Crippen LogP contribution is 2.17. The minimum atomic E-state index is -0.255. The number of nitrogens with one attached hydrogen (secondary N) is 2. The zero-order valence-electron chi connectivity index (χ0n) is 15.3. The molecule has 0 unspecified atom stereocenters. The summed E-state index contributed by atoms with van der Waals surface area (Å²) in [6.07, 6.45) is 1.55. The first-order valence-corrected chi connectivity index (χ1v) is 9.04. The molecule has 2 aromatic heterocycles. The summed E-state index contributed by atoms with van der Waals surface area (Å²) < 4.78 is 5.13. The van der Waals surface area contributed by atoms with Gasteiger partial charge in [-0.3, -0.25) is 14.5 Å². The van der Waals surface area contributed by atoms with E-state index in [2.05, 4.69) is 20.3 Å². The number of aromatic nitrogens is 3. The second kappa shape index (κ2) is 9.41. The van der Waals surface area contributed by atoms with E-state index in [1.807, 2.05) is 11.0 Å². The highest BCUT2D eigenvalue weighted by Gasteiger charge is 2.15. The Labute approximate surface area is 166 Å². The second-order valence-electron chi connectivity index (χ2n) is 6.12. The van der Waals surface area contributed by atoms with Crippen LogP contribution in [0.4, 0.5) is 5.69 Å². The monoisotopic (exact) mass is 401 g/mol. The molecule has 0 bridgehead atoms. The molecule has 0 saturated carbocycles. The van der Waals surface area contributed by atoms with Crippen LogP contribution in [0, 0.1) is 0 Å². The lowest BCUT2D eigenvalue weighted by atomic mass is 10.2. The number of benzene rings is 1. The zero-order valence-corrected chi connectivity index (χ0v) is 16.1. The summed E-state index contributed by atoms with van der Waals surface area (Å²) in [5, 5.41) is 3.48. The summed E-state index contributed by atoms with van der Waals surface area (Å²) in [6.45, 7) is 1.28. The number of ether oxygens (including phenoxy) is 1. The van der Waals surface area contributed by atoms with Crippen LogP contribution in [0.25, 0.3) is 10.9 Å². The quantitative estimate of drug-likeness (QED) is 0.560. The Morgan fingerprint density at radius 1 is 1.29 bits per heavy atom. The van der Waals surface area contributed by atoms with Crippen molar-refractivity contribution < 1.29 is 9.53 Å². The van der Waals surface area contributed by atoms with E-state index in [0.717, 1.165) is 0 Å². The lowest BCUT2D eigenvalue weighted by Crippen LogP contribution is -2.36. The summed E-state index contributed by atoms with van der Waals surface area (Å²) in [6, 6.07) is 10.5. The molecule has 0 atom stereocenters. The van der Waals surface area contributed by atoms with Gasteiger partial charge in [0.1, 0.15) is 5.82 Å². The number of hydrogen-bond donors (Lipinski definition) is 2. The average Bonchev–Trinajstić information content (AvgIpc) is 2.68. The van der Waals surface area contributed by atoms with Crippen LogP contribution in [0.15, 0.2) is 47.4 Å². The van der Waals surface area contributed by atoms with Gasteiger partial charge in [0.25, 0.3) is 5.56 Å². The van der Waals surface area contributed by atoms with Crippen molar-refractivity contribution in [2.45, 2.75) is 6.54 Å². The molecule has 8 nitrogen and oxygen atoms in total. The summed E-state index contributed by atoms with van der Waals surface area (Å²) in [7, 11) is 1.59. The van der Waals surface area contributed by atoms with Gasteiger partial charge in [-0.1, -0.05) is 23.7 Å². The Kier molecular flexibility index (Phi) is 6.70. The number of H-pyrrole nitrogens is 1. The minimum absolute atomic E-state index is 0.0745. The van der Waals surface area contributed by atoms with E-state index in [1.54, 1.807) is 43.6 Å². The molecule has 2 heterocycles. The molecule has 0 aliphatic rings. The lowest BCUT2D eigenvalue weighted by Gasteiger charge is -2.21. The van der Waals surface area contributed by atoms with Crippen molar-refractivity contribution in [2.75, 3.05) is 32.1 Å². The predicted molar refractivity (Wildman–Crippen MR) is 107 cm³/mol. The van der Waals surface area contributed by atoms with Crippen molar-refractivity contribution in [3.8, 4) is 0 Å². The summed E-state index contributed by atoms with van der Waals surface area (Å²) in [4.78, 5) is 37.7. The summed E-state index contributed by atoms with van der Waals surface area (Å²) >= 11 is 5.98. The number of carbonyl (C=O) groups excluding carboxylic acids is 1. The molecule has 0 aliphatic carbocycles. The van der Waals surface area contributed by atoms with Gasteiger partial charge in [0.05, 0.1) is 36.3 Å². The van der Waals surface area contributed by atoms with Gasteiger partial charge in [-0.25, -0.2) is 9.97 Å². The van der Waals surface area contributed by atoms with Gasteiger partial charge in [-0.05, 0) is 24.3 Å². The molecule has 146 valence electrons. The maximum Gasteiger partial charge on any atom is 0.258 e. The number of methoxy groups -OCH3 is 1. The van der Waals surface area contributed by atoms with Gasteiger partial charge >= 0.3 is 0 Å². The topological polar surface area (TPSA) is 100 Å².